The number of hydrogen-bond donors (Lipinski definition) is 1. The van der Waals surface area contributed by atoms with Crippen LogP contribution in [0.4, 0.5) is 0 Å². The molecule has 1 aromatic heterocycles. The van der Waals surface area contributed by atoms with Crippen LogP contribution in [0.3, 0.4) is 0 Å². The normalized spacial score (nSPS) is 18.4. The number of furan rings is 1. The first-order valence-corrected chi connectivity index (χ1v) is 6.57. The van der Waals surface area contributed by atoms with Crippen LogP contribution in [-0.4, -0.2) is 31.6 Å². The van der Waals surface area contributed by atoms with E-state index in [1.165, 1.54) is 19.3 Å². The van der Waals surface area contributed by atoms with E-state index in [0.717, 1.165) is 37.6 Å². The Morgan fingerprint density at radius 3 is 2.65 bits per heavy atom. The van der Waals surface area contributed by atoms with Crippen LogP contribution in [0.5, 0.6) is 0 Å². The van der Waals surface area contributed by atoms with Crippen LogP contribution in [0, 0.1) is 12.3 Å². The van der Waals surface area contributed by atoms with E-state index in [1.54, 1.807) is 0 Å². The summed E-state index contributed by atoms with van der Waals surface area (Å²) in [5.41, 5.74) is 6.29. The molecule has 1 heterocycles. The van der Waals surface area contributed by atoms with E-state index in [1.807, 2.05) is 13.0 Å². The topological polar surface area (TPSA) is 42.4 Å². The second kappa shape index (κ2) is 5.23. The fourth-order valence-electron chi connectivity index (χ4n) is 2.68. The van der Waals surface area contributed by atoms with E-state index >= 15 is 0 Å². The minimum atomic E-state index is 0.411. The molecule has 0 aromatic carbocycles. The molecule has 0 atom stereocenters. The lowest BCUT2D eigenvalue weighted by molar-refractivity contribution is 0.0876. The summed E-state index contributed by atoms with van der Waals surface area (Å²) in [5.74, 6) is 2.09. The summed E-state index contributed by atoms with van der Waals surface area (Å²) in [4.78, 5) is 2.39. The van der Waals surface area contributed by atoms with E-state index in [4.69, 9.17) is 10.2 Å². The maximum absolute atomic E-state index is 5.88. The standard InChI is InChI=1S/C14H24N2O/c1-12-4-5-13(17-12)6-9-16(2)11-14(10-15)7-3-8-14/h4-5H,3,6-11,15H2,1-2H3. The molecule has 1 aliphatic rings. The van der Waals surface area contributed by atoms with Crippen molar-refractivity contribution >= 4 is 0 Å². The zero-order valence-corrected chi connectivity index (χ0v) is 11.0. The molecule has 1 fully saturated rings. The van der Waals surface area contributed by atoms with Crippen LogP contribution in [0.25, 0.3) is 0 Å². The molecule has 0 amide bonds. The Morgan fingerprint density at radius 1 is 1.41 bits per heavy atom. The summed E-state index contributed by atoms with van der Waals surface area (Å²) >= 11 is 0. The summed E-state index contributed by atoms with van der Waals surface area (Å²) in [6, 6.07) is 4.11. The van der Waals surface area contributed by atoms with Gasteiger partial charge < -0.3 is 15.1 Å². The van der Waals surface area contributed by atoms with Gasteiger partial charge in [-0.1, -0.05) is 6.42 Å². The van der Waals surface area contributed by atoms with Crippen molar-refractivity contribution in [1.29, 1.82) is 0 Å². The average molecular weight is 236 g/mol. The molecule has 2 rings (SSSR count). The second-order valence-corrected chi connectivity index (χ2v) is 5.56. The Kier molecular flexibility index (Phi) is 3.89. The largest absolute Gasteiger partial charge is 0.466 e. The summed E-state index contributed by atoms with van der Waals surface area (Å²) in [6.07, 6.45) is 4.94. The molecule has 0 unspecified atom stereocenters. The molecular formula is C14H24N2O. The van der Waals surface area contributed by atoms with Crippen LogP contribution >= 0.6 is 0 Å². The first kappa shape index (κ1) is 12.7. The van der Waals surface area contributed by atoms with Crippen LogP contribution in [0.2, 0.25) is 0 Å². The zero-order chi connectivity index (χ0) is 12.3. The fraction of sp³-hybridized carbons (Fsp3) is 0.714. The monoisotopic (exact) mass is 236 g/mol. The molecule has 0 saturated heterocycles. The Balaban J connectivity index is 1.75. The van der Waals surface area contributed by atoms with Gasteiger partial charge in [0.1, 0.15) is 11.5 Å². The number of hydrogen-bond acceptors (Lipinski definition) is 3. The van der Waals surface area contributed by atoms with E-state index in [-0.39, 0.29) is 0 Å². The van der Waals surface area contributed by atoms with Crippen molar-refractivity contribution in [3.63, 3.8) is 0 Å². The van der Waals surface area contributed by atoms with Gasteiger partial charge in [0.25, 0.3) is 0 Å². The predicted molar refractivity (Wildman–Crippen MR) is 70.0 cm³/mol. The molecule has 17 heavy (non-hydrogen) atoms. The minimum Gasteiger partial charge on any atom is -0.466 e. The van der Waals surface area contributed by atoms with Crippen molar-refractivity contribution in [3.05, 3.63) is 23.7 Å². The van der Waals surface area contributed by atoms with E-state index in [9.17, 15) is 0 Å². The van der Waals surface area contributed by atoms with Gasteiger partial charge in [0.15, 0.2) is 0 Å². The molecule has 1 aliphatic carbocycles. The Hall–Kier alpha value is -0.800. The molecule has 0 aliphatic heterocycles. The van der Waals surface area contributed by atoms with Crippen molar-refractivity contribution < 1.29 is 4.42 Å². The van der Waals surface area contributed by atoms with E-state index < -0.39 is 0 Å². The lowest BCUT2D eigenvalue weighted by atomic mass is 9.68. The van der Waals surface area contributed by atoms with Gasteiger partial charge in [-0.25, -0.2) is 0 Å². The molecule has 1 saturated carbocycles. The highest BCUT2D eigenvalue weighted by atomic mass is 16.3. The molecule has 3 nitrogen and oxygen atoms in total. The van der Waals surface area contributed by atoms with Crippen LogP contribution in [0.15, 0.2) is 16.5 Å². The number of aryl methyl sites for hydroxylation is 1. The summed E-state index contributed by atoms with van der Waals surface area (Å²) in [6.45, 7) is 5.00. The van der Waals surface area contributed by atoms with Gasteiger partial charge in [0.2, 0.25) is 0 Å². The number of likely N-dealkylation sites (N-methyl/N-ethyl adjacent to an activating group) is 1. The van der Waals surface area contributed by atoms with E-state index in [2.05, 4.69) is 18.0 Å². The van der Waals surface area contributed by atoms with E-state index in [0.29, 0.717) is 5.41 Å². The highest BCUT2D eigenvalue weighted by Gasteiger charge is 2.36. The van der Waals surface area contributed by atoms with Gasteiger partial charge in [0.05, 0.1) is 0 Å². The molecular weight excluding hydrogens is 212 g/mol. The summed E-state index contributed by atoms with van der Waals surface area (Å²) in [5, 5.41) is 0. The number of nitrogens with two attached hydrogens (primary N) is 1. The van der Waals surface area contributed by atoms with Gasteiger partial charge in [-0.2, -0.15) is 0 Å². The van der Waals surface area contributed by atoms with Gasteiger partial charge in [-0.3, -0.25) is 0 Å². The predicted octanol–water partition coefficient (Wildman–Crippen LogP) is 2.19. The highest BCUT2D eigenvalue weighted by molar-refractivity contribution is 5.05. The molecule has 3 heteroatoms. The van der Waals surface area contributed by atoms with Gasteiger partial charge in [-0.15, -0.1) is 0 Å². The molecule has 0 bridgehead atoms. The maximum Gasteiger partial charge on any atom is 0.105 e. The summed E-state index contributed by atoms with van der Waals surface area (Å²) < 4.78 is 5.58. The zero-order valence-electron chi connectivity index (χ0n) is 11.0. The third-order valence-electron chi connectivity index (χ3n) is 3.99. The van der Waals surface area contributed by atoms with Crippen molar-refractivity contribution in [2.24, 2.45) is 11.1 Å². The highest BCUT2D eigenvalue weighted by Crippen LogP contribution is 2.40. The quantitative estimate of drug-likeness (QED) is 0.823. The number of rotatable bonds is 6. The van der Waals surface area contributed by atoms with Gasteiger partial charge in [-0.05, 0) is 50.9 Å². The SMILES string of the molecule is Cc1ccc(CCN(C)CC2(CN)CCC2)o1. The molecule has 96 valence electrons. The Labute approximate surface area is 104 Å². The second-order valence-electron chi connectivity index (χ2n) is 5.56. The summed E-state index contributed by atoms with van der Waals surface area (Å²) in [7, 11) is 2.19. The van der Waals surface area contributed by atoms with Crippen LogP contribution in [0.1, 0.15) is 30.8 Å². The average Bonchev–Trinajstić information content (AvgIpc) is 2.67. The maximum atomic E-state index is 5.88. The molecule has 0 spiro atoms. The molecule has 1 aromatic rings. The first-order valence-electron chi connectivity index (χ1n) is 6.57. The van der Waals surface area contributed by atoms with Crippen molar-refractivity contribution in [3.8, 4) is 0 Å². The van der Waals surface area contributed by atoms with Crippen LogP contribution in [-0.2, 0) is 6.42 Å². The fourth-order valence-corrected chi connectivity index (χ4v) is 2.68. The molecule has 2 N–H and O–H groups in total. The lowest BCUT2D eigenvalue weighted by Gasteiger charge is -2.43. The van der Waals surface area contributed by atoms with Crippen molar-refractivity contribution in [2.75, 3.05) is 26.7 Å². The Morgan fingerprint density at radius 2 is 2.18 bits per heavy atom. The first-order chi connectivity index (χ1) is 8.13. The van der Waals surface area contributed by atoms with Gasteiger partial charge in [0, 0.05) is 19.5 Å². The third kappa shape index (κ3) is 3.11. The van der Waals surface area contributed by atoms with Crippen molar-refractivity contribution in [1.82, 2.24) is 4.90 Å². The van der Waals surface area contributed by atoms with Crippen LogP contribution < -0.4 is 5.73 Å². The lowest BCUT2D eigenvalue weighted by Crippen LogP contribution is -2.46. The minimum absolute atomic E-state index is 0.411. The van der Waals surface area contributed by atoms with Crippen molar-refractivity contribution in [2.45, 2.75) is 32.6 Å². The smallest absolute Gasteiger partial charge is 0.105 e. The number of nitrogens with zero attached hydrogens (tertiary/aromatic N) is 1. The molecule has 0 radical (unpaired) electrons. The third-order valence-corrected chi connectivity index (χ3v) is 3.99. The van der Waals surface area contributed by atoms with Gasteiger partial charge >= 0.3 is 0 Å². The Bertz CT molecular complexity index is 349.